The third-order valence-corrected chi connectivity index (χ3v) is 3.18. The molecule has 0 spiro atoms. The third-order valence-electron chi connectivity index (χ3n) is 3.18. The zero-order valence-corrected chi connectivity index (χ0v) is 10.9. The molecular formula is C11H20N4O2. The Hall–Kier alpha value is -1.43. The molecule has 1 aromatic heterocycles. The van der Waals surface area contributed by atoms with Gasteiger partial charge in [0.2, 0.25) is 5.91 Å². The first-order valence-electron chi connectivity index (χ1n) is 5.53. The summed E-state index contributed by atoms with van der Waals surface area (Å²) >= 11 is 0. The molecule has 6 heteroatoms. The van der Waals surface area contributed by atoms with Gasteiger partial charge in [-0.2, -0.15) is 5.10 Å². The third kappa shape index (κ3) is 3.03. The summed E-state index contributed by atoms with van der Waals surface area (Å²) < 4.78 is 1.47. The number of hydrogen-bond donors (Lipinski definition) is 2. The van der Waals surface area contributed by atoms with Crippen molar-refractivity contribution < 1.29 is 9.90 Å². The summed E-state index contributed by atoms with van der Waals surface area (Å²) in [5.41, 5.74) is -1.73. The maximum Gasteiger partial charge on any atom is 0.245 e. The first-order chi connectivity index (χ1) is 7.65. The maximum absolute atomic E-state index is 12.0. The molecule has 0 fully saturated rings. The molecule has 6 nitrogen and oxygen atoms in total. The highest BCUT2D eigenvalue weighted by Gasteiger charge is 2.37. The quantitative estimate of drug-likeness (QED) is 0.803. The van der Waals surface area contributed by atoms with E-state index in [4.69, 9.17) is 0 Å². The lowest BCUT2D eigenvalue weighted by molar-refractivity contribution is -0.129. The number of nitrogens with one attached hydrogen (secondary N) is 1. The van der Waals surface area contributed by atoms with Crippen molar-refractivity contribution in [3.8, 4) is 0 Å². The van der Waals surface area contributed by atoms with Gasteiger partial charge in [0.05, 0.1) is 11.1 Å². The van der Waals surface area contributed by atoms with Crippen LogP contribution in [0.3, 0.4) is 0 Å². The van der Waals surface area contributed by atoms with E-state index in [1.165, 1.54) is 17.3 Å². The number of aromatic nitrogens is 3. The molecule has 1 rings (SSSR count). The van der Waals surface area contributed by atoms with Gasteiger partial charge in [-0.15, -0.1) is 0 Å². The summed E-state index contributed by atoms with van der Waals surface area (Å²) in [4.78, 5) is 15.8. The van der Waals surface area contributed by atoms with Crippen LogP contribution in [0, 0.1) is 0 Å². The monoisotopic (exact) mass is 240 g/mol. The van der Waals surface area contributed by atoms with Crippen LogP contribution in [0.5, 0.6) is 0 Å². The number of carbonyl (C=O) groups excluding carboxylic acids is 1. The van der Waals surface area contributed by atoms with E-state index >= 15 is 0 Å². The van der Waals surface area contributed by atoms with Crippen molar-refractivity contribution in [1.29, 1.82) is 0 Å². The average Bonchev–Trinajstić information content (AvgIpc) is 2.66. The molecular weight excluding hydrogens is 220 g/mol. The molecule has 0 saturated heterocycles. The predicted octanol–water partition coefficient (Wildman–Crippen LogP) is 0.505. The number of rotatable bonds is 4. The largest absolute Gasteiger partial charge is 0.388 e. The highest BCUT2D eigenvalue weighted by atomic mass is 16.3. The normalized spacial score (nSPS) is 14.5. The Morgan fingerprint density at radius 1 is 1.41 bits per heavy atom. The van der Waals surface area contributed by atoms with Gasteiger partial charge in [0.25, 0.3) is 0 Å². The zero-order chi connectivity index (χ0) is 13.3. The van der Waals surface area contributed by atoms with E-state index in [-0.39, 0.29) is 5.91 Å². The van der Waals surface area contributed by atoms with Gasteiger partial charge in [0, 0.05) is 0 Å². The summed E-state index contributed by atoms with van der Waals surface area (Å²) in [7, 11) is 0. The molecule has 1 atom stereocenters. The molecule has 0 bridgehead atoms. The summed E-state index contributed by atoms with van der Waals surface area (Å²) in [5.74, 6) is -0.206. The summed E-state index contributed by atoms with van der Waals surface area (Å²) in [6.45, 7) is 8.60. The second-order valence-corrected chi connectivity index (χ2v) is 5.22. The van der Waals surface area contributed by atoms with Crippen molar-refractivity contribution in [2.24, 2.45) is 0 Å². The molecule has 96 valence electrons. The van der Waals surface area contributed by atoms with Crippen molar-refractivity contribution in [3.05, 3.63) is 12.7 Å². The lowest BCUT2D eigenvalue weighted by Crippen LogP contribution is -2.58. The Kier molecular flexibility index (Phi) is 3.56. The molecule has 17 heavy (non-hydrogen) atoms. The van der Waals surface area contributed by atoms with Crippen LogP contribution >= 0.6 is 0 Å². The molecule has 0 radical (unpaired) electrons. The molecule has 0 aliphatic rings. The second kappa shape index (κ2) is 4.44. The number of amides is 1. The molecule has 1 unspecified atom stereocenters. The smallest absolute Gasteiger partial charge is 0.245 e. The molecule has 0 aliphatic heterocycles. The van der Waals surface area contributed by atoms with Gasteiger partial charge >= 0.3 is 0 Å². The van der Waals surface area contributed by atoms with Crippen LogP contribution in [-0.4, -0.2) is 36.9 Å². The van der Waals surface area contributed by atoms with Gasteiger partial charge in [-0.1, -0.05) is 0 Å². The van der Waals surface area contributed by atoms with Crippen LogP contribution in [0.15, 0.2) is 12.7 Å². The predicted molar refractivity (Wildman–Crippen MR) is 63.3 cm³/mol. The zero-order valence-electron chi connectivity index (χ0n) is 10.9. The highest BCUT2D eigenvalue weighted by Crippen LogP contribution is 2.21. The Balaban J connectivity index is 2.74. The van der Waals surface area contributed by atoms with Gasteiger partial charge in [0.1, 0.15) is 18.7 Å². The van der Waals surface area contributed by atoms with E-state index < -0.39 is 17.2 Å². The number of carbonyl (C=O) groups is 1. The standard InChI is InChI=1S/C11H20N4O2/c1-8(15-7-12-6-13-15)9(16)14-10(2,3)11(4,5)17/h6-8,17H,1-5H3,(H,14,16). The number of aliphatic hydroxyl groups is 1. The van der Waals surface area contributed by atoms with E-state index in [1.807, 2.05) is 0 Å². The minimum Gasteiger partial charge on any atom is -0.388 e. The Morgan fingerprint density at radius 2 is 2.00 bits per heavy atom. The Bertz CT molecular complexity index is 379. The molecule has 0 saturated carbocycles. The average molecular weight is 240 g/mol. The van der Waals surface area contributed by atoms with Gasteiger partial charge in [-0.3, -0.25) is 4.79 Å². The summed E-state index contributed by atoms with van der Waals surface area (Å²) in [6.07, 6.45) is 2.87. The van der Waals surface area contributed by atoms with Gasteiger partial charge in [0.15, 0.2) is 0 Å². The highest BCUT2D eigenvalue weighted by molar-refractivity contribution is 5.80. The minimum atomic E-state index is -1.01. The van der Waals surface area contributed by atoms with Crippen LogP contribution in [0.1, 0.15) is 40.7 Å². The summed E-state index contributed by atoms with van der Waals surface area (Å²) in [5, 5.41) is 16.7. The fraction of sp³-hybridized carbons (Fsp3) is 0.727. The van der Waals surface area contributed by atoms with E-state index in [0.29, 0.717) is 0 Å². The molecule has 1 amide bonds. The van der Waals surface area contributed by atoms with Crippen LogP contribution in [0.25, 0.3) is 0 Å². The van der Waals surface area contributed by atoms with E-state index in [1.54, 1.807) is 34.6 Å². The molecule has 2 N–H and O–H groups in total. The van der Waals surface area contributed by atoms with E-state index in [2.05, 4.69) is 15.4 Å². The van der Waals surface area contributed by atoms with Crippen LogP contribution < -0.4 is 5.32 Å². The van der Waals surface area contributed by atoms with Crippen molar-refractivity contribution in [2.75, 3.05) is 0 Å². The maximum atomic E-state index is 12.0. The van der Waals surface area contributed by atoms with Crippen LogP contribution in [-0.2, 0) is 4.79 Å². The molecule has 0 aromatic carbocycles. The topological polar surface area (TPSA) is 80.0 Å². The number of hydrogen-bond acceptors (Lipinski definition) is 4. The SMILES string of the molecule is CC(C(=O)NC(C)(C)C(C)(C)O)n1cncn1. The van der Waals surface area contributed by atoms with Crippen molar-refractivity contribution in [2.45, 2.75) is 51.8 Å². The van der Waals surface area contributed by atoms with Crippen molar-refractivity contribution in [3.63, 3.8) is 0 Å². The Labute approximate surface area is 101 Å². The van der Waals surface area contributed by atoms with E-state index in [0.717, 1.165) is 0 Å². The molecule has 1 aromatic rings. The van der Waals surface area contributed by atoms with Crippen molar-refractivity contribution >= 4 is 5.91 Å². The lowest BCUT2D eigenvalue weighted by atomic mass is 9.86. The van der Waals surface area contributed by atoms with Gasteiger partial charge in [-0.25, -0.2) is 9.67 Å². The van der Waals surface area contributed by atoms with Crippen LogP contribution in [0.2, 0.25) is 0 Å². The van der Waals surface area contributed by atoms with Crippen molar-refractivity contribution in [1.82, 2.24) is 20.1 Å². The van der Waals surface area contributed by atoms with Gasteiger partial charge in [-0.05, 0) is 34.6 Å². The van der Waals surface area contributed by atoms with Crippen LogP contribution in [0.4, 0.5) is 0 Å². The molecule has 1 heterocycles. The first kappa shape index (κ1) is 13.6. The summed E-state index contributed by atoms with van der Waals surface area (Å²) in [6, 6.07) is -0.459. The first-order valence-corrected chi connectivity index (χ1v) is 5.53. The second-order valence-electron chi connectivity index (χ2n) is 5.22. The molecule has 0 aliphatic carbocycles. The lowest BCUT2D eigenvalue weighted by Gasteiger charge is -2.38. The Morgan fingerprint density at radius 3 is 2.41 bits per heavy atom. The number of nitrogens with zero attached hydrogens (tertiary/aromatic N) is 3. The fourth-order valence-corrected chi connectivity index (χ4v) is 1.10. The van der Waals surface area contributed by atoms with E-state index in [9.17, 15) is 9.90 Å². The van der Waals surface area contributed by atoms with Gasteiger partial charge < -0.3 is 10.4 Å². The minimum absolute atomic E-state index is 0.206. The fourth-order valence-electron chi connectivity index (χ4n) is 1.10.